The van der Waals surface area contributed by atoms with Gasteiger partial charge in [0, 0.05) is 25.3 Å². The van der Waals surface area contributed by atoms with Gasteiger partial charge in [0.2, 0.25) is 0 Å². The number of benzene rings is 1. The van der Waals surface area contributed by atoms with E-state index in [0.717, 1.165) is 38.8 Å². The lowest BCUT2D eigenvalue weighted by molar-refractivity contribution is 0.0365. The lowest BCUT2D eigenvalue weighted by Gasteiger charge is -2.31. The smallest absolute Gasteiger partial charge is 0.0594 e. The molecule has 1 N–H and O–H groups in total. The van der Waals surface area contributed by atoms with Gasteiger partial charge in [-0.3, -0.25) is 4.90 Å². The number of hydrogen-bond donors (Lipinski definition) is 1. The predicted molar refractivity (Wildman–Crippen MR) is 74.2 cm³/mol. The van der Waals surface area contributed by atoms with Crippen LogP contribution in [0.5, 0.6) is 0 Å². The van der Waals surface area contributed by atoms with E-state index < -0.39 is 0 Å². The Labute approximate surface area is 109 Å². The molecule has 0 bridgehead atoms. The molecule has 0 spiro atoms. The van der Waals surface area contributed by atoms with Crippen molar-refractivity contribution in [3.63, 3.8) is 0 Å². The van der Waals surface area contributed by atoms with Crippen LogP contribution in [0.3, 0.4) is 0 Å². The van der Waals surface area contributed by atoms with Crippen LogP contribution in [0.4, 0.5) is 5.69 Å². The maximum absolute atomic E-state index is 5.40. The Morgan fingerprint density at radius 2 is 2.06 bits per heavy atom. The normalized spacial score (nSPS) is 24.3. The second-order valence-corrected chi connectivity index (χ2v) is 5.24. The van der Waals surface area contributed by atoms with Gasteiger partial charge in [0.15, 0.2) is 0 Å². The third-order valence-corrected chi connectivity index (χ3v) is 4.11. The van der Waals surface area contributed by atoms with E-state index in [-0.39, 0.29) is 0 Å². The molecule has 0 radical (unpaired) electrons. The number of ether oxygens (including phenoxy) is 1. The standard InChI is InChI=1S/C15H22N2O/c1-2-4-15-14(3-1)13(5-7-16-15)6-8-17-9-11-18-12-10-17/h1-4,13,16H,5-12H2. The number of rotatable bonds is 3. The molecule has 1 aromatic rings. The van der Waals surface area contributed by atoms with Crippen molar-refractivity contribution in [2.24, 2.45) is 0 Å². The van der Waals surface area contributed by atoms with Gasteiger partial charge in [-0.05, 0) is 36.9 Å². The first-order valence-electron chi connectivity index (χ1n) is 7.06. The third-order valence-electron chi connectivity index (χ3n) is 4.11. The van der Waals surface area contributed by atoms with Gasteiger partial charge < -0.3 is 10.1 Å². The monoisotopic (exact) mass is 246 g/mol. The first-order chi connectivity index (χ1) is 8.93. The van der Waals surface area contributed by atoms with Crippen LogP contribution in [0.1, 0.15) is 24.3 Å². The average Bonchev–Trinajstić information content (AvgIpc) is 2.46. The lowest BCUT2D eigenvalue weighted by Crippen LogP contribution is -2.37. The molecule has 18 heavy (non-hydrogen) atoms. The molecule has 0 saturated carbocycles. The summed E-state index contributed by atoms with van der Waals surface area (Å²) in [5.41, 5.74) is 2.85. The zero-order chi connectivity index (χ0) is 12.2. The Kier molecular flexibility index (Phi) is 3.81. The minimum atomic E-state index is 0.727. The van der Waals surface area contributed by atoms with Crippen LogP contribution in [0, 0.1) is 0 Å². The molecule has 1 saturated heterocycles. The van der Waals surface area contributed by atoms with Crippen LogP contribution in [0.25, 0.3) is 0 Å². The SMILES string of the molecule is c1ccc2c(c1)NCCC2CCN1CCOCC1. The van der Waals surface area contributed by atoms with E-state index in [1.165, 1.54) is 30.6 Å². The van der Waals surface area contributed by atoms with E-state index in [0.29, 0.717) is 0 Å². The van der Waals surface area contributed by atoms with Crippen molar-refractivity contribution in [2.45, 2.75) is 18.8 Å². The van der Waals surface area contributed by atoms with Crippen LogP contribution in [-0.2, 0) is 4.74 Å². The maximum atomic E-state index is 5.40. The Hall–Kier alpha value is -1.06. The van der Waals surface area contributed by atoms with Crippen LogP contribution in [-0.4, -0.2) is 44.3 Å². The summed E-state index contributed by atoms with van der Waals surface area (Å²) < 4.78 is 5.40. The van der Waals surface area contributed by atoms with Crippen molar-refractivity contribution in [2.75, 3.05) is 44.7 Å². The Morgan fingerprint density at radius 1 is 1.22 bits per heavy atom. The Balaban J connectivity index is 1.60. The quantitative estimate of drug-likeness (QED) is 0.885. The van der Waals surface area contributed by atoms with E-state index in [2.05, 4.69) is 34.5 Å². The van der Waals surface area contributed by atoms with Gasteiger partial charge in [0.1, 0.15) is 0 Å². The number of anilines is 1. The molecule has 0 aliphatic carbocycles. The predicted octanol–water partition coefficient (Wildman–Crippen LogP) is 2.31. The second-order valence-electron chi connectivity index (χ2n) is 5.24. The van der Waals surface area contributed by atoms with Crippen molar-refractivity contribution in [1.29, 1.82) is 0 Å². The minimum Gasteiger partial charge on any atom is -0.385 e. The Bertz CT molecular complexity index is 388. The summed E-state index contributed by atoms with van der Waals surface area (Å²) in [6.07, 6.45) is 2.54. The van der Waals surface area contributed by atoms with Gasteiger partial charge in [0.25, 0.3) is 0 Å². The molecule has 1 unspecified atom stereocenters. The van der Waals surface area contributed by atoms with Gasteiger partial charge in [0.05, 0.1) is 13.2 Å². The largest absolute Gasteiger partial charge is 0.385 e. The molecule has 2 heterocycles. The summed E-state index contributed by atoms with van der Waals surface area (Å²) in [7, 11) is 0. The summed E-state index contributed by atoms with van der Waals surface area (Å²) in [5, 5.41) is 3.50. The number of fused-ring (bicyclic) bond motifs is 1. The van der Waals surface area contributed by atoms with Crippen molar-refractivity contribution in [1.82, 2.24) is 4.90 Å². The zero-order valence-corrected chi connectivity index (χ0v) is 10.9. The first kappa shape index (κ1) is 12.0. The van der Waals surface area contributed by atoms with Crippen molar-refractivity contribution in [3.8, 4) is 0 Å². The molecule has 1 atom stereocenters. The summed E-state index contributed by atoms with van der Waals surface area (Å²) in [4.78, 5) is 2.54. The van der Waals surface area contributed by atoms with E-state index in [1.807, 2.05) is 0 Å². The van der Waals surface area contributed by atoms with Gasteiger partial charge in [-0.25, -0.2) is 0 Å². The molecule has 2 aliphatic rings. The fraction of sp³-hybridized carbons (Fsp3) is 0.600. The average molecular weight is 246 g/mol. The van der Waals surface area contributed by atoms with Crippen LogP contribution in [0.15, 0.2) is 24.3 Å². The number of hydrogen-bond acceptors (Lipinski definition) is 3. The second kappa shape index (κ2) is 5.72. The highest BCUT2D eigenvalue weighted by atomic mass is 16.5. The highest BCUT2D eigenvalue weighted by Crippen LogP contribution is 2.33. The van der Waals surface area contributed by atoms with Gasteiger partial charge >= 0.3 is 0 Å². The van der Waals surface area contributed by atoms with Crippen LogP contribution < -0.4 is 5.32 Å². The molecule has 1 fully saturated rings. The highest BCUT2D eigenvalue weighted by Gasteiger charge is 2.20. The molecule has 98 valence electrons. The summed E-state index contributed by atoms with van der Waals surface area (Å²) >= 11 is 0. The van der Waals surface area contributed by atoms with Gasteiger partial charge in [-0.1, -0.05) is 18.2 Å². The van der Waals surface area contributed by atoms with Gasteiger partial charge in [-0.15, -0.1) is 0 Å². The van der Waals surface area contributed by atoms with Crippen molar-refractivity contribution >= 4 is 5.69 Å². The number of nitrogens with zero attached hydrogens (tertiary/aromatic N) is 1. The number of morpholine rings is 1. The number of nitrogens with one attached hydrogen (secondary N) is 1. The van der Waals surface area contributed by atoms with E-state index in [9.17, 15) is 0 Å². The minimum absolute atomic E-state index is 0.727. The third kappa shape index (κ3) is 2.68. The van der Waals surface area contributed by atoms with Crippen molar-refractivity contribution in [3.05, 3.63) is 29.8 Å². The highest BCUT2D eigenvalue weighted by molar-refractivity contribution is 5.54. The topological polar surface area (TPSA) is 24.5 Å². The molecule has 1 aromatic carbocycles. The van der Waals surface area contributed by atoms with Crippen LogP contribution >= 0.6 is 0 Å². The Morgan fingerprint density at radius 3 is 2.94 bits per heavy atom. The molecule has 0 amide bonds. The summed E-state index contributed by atoms with van der Waals surface area (Å²) in [5.74, 6) is 0.727. The molecular formula is C15H22N2O. The number of para-hydroxylation sites is 1. The van der Waals surface area contributed by atoms with Crippen LogP contribution in [0.2, 0.25) is 0 Å². The fourth-order valence-electron chi connectivity index (χ4n) is 3.01. The molecule has 3 nitrogen and oxygen atoms in total. The molecule has 3 rings (SSSR count). The lowest BCUT2D eigenvalue weighted by atomic mass is 9.88. The molecule has 3 heteroatoms. The zero-order valence-electron chi connectivity index (χ0n) is 10.9. The van der Waals surface area contributed by atoms with E-state index in [1.54, 1.807) is 0 Å². The fourth-order valence-corrected chi connectivity index (χ4v) is 3.01. The van der Waals surface area contributed by atoms with E-state index in [4.69, 9.17) is 4.74 Å². The summed E-state index contributed by atoms with van der Waals surface area (Å²) in [6.45, 7) is 6.35. The first-order valence-corrected chi connectivity index (χ1v) is 7.06. The maximum Gasteiger partial charge on any atom is 0.0594 e. The molecular weight excluding hydrogens is 224 g/mol. The molecule has 0 aromatic heterocycles. The summed E-state index contributed by atoms with van der Waals surface area (Å²) in [6, 6.07) is 8.77. The van der Waals surface area contributed by atoms with E-state index >= 15 is 0 Å². The molecule has 2 aliphatic heterocycles. The van der Waals surface area contributed by atoms with Crippen molar-refractivity contribution < 1.29 is 4.74 Å². The van der Waals surface area contributed by atoms with Gasteiger partial charge in [-0.2, -0.15) is 0 Å².